The Morgan fingerprint density at radius 2 is 1.95 bits per heavy atom. The summed E-state index contributed by atoms with van der Waals surface area (Å²) >= 11 is 5.97. The average molecular weight is 323 g/mol. The fourth-order valence-electron chi connectivity index (χ4n) is 1.81. The van der Waals surface area contributed by atoms with Crippen molar-refractivity contribution in [3.63, 3.8) is 0 Å². The Labute approximate surface area is 133 Å². The standard InChI is InChI=1S/C17H16ClFO3/c1-3-17(20)22-15-7-5-4-6-12(15)10-21-16-9-13(18)11(2)8-14(16)19/h4-9H,3,10H2,1-2H3. The predicted molar refractivity (Wildman–Crippen MR) is 82.8 cm³/mol. The lowest BCUT2D eigenvalue weighted by atomic mass is 10.2. The van der Waals surface area contributed by atoms with Crippen LogP contribution in [0.5, 0.6) is 11.5 Å². The zero-order valence-corrected chi connectivity index (χ0v) is 13.1. The van der Waals surface area contributed by atoms with E-state index in [1.54, 1.807) is 38.1 Å². The molecular weight excluding hydrogens is 307 g/mol. The van der Waals surface area contributed by atoms with Crippen molar-refractivity contribution in [1.29, 1.82) is 0 Å². The molecular formula is C17H16ClFO3. The molecule has 22 heavy (non-hydrogen) atoms. The second-order valence-electron chi connectivity index (χ2n) is 4.76. The van der Waals surface area contributed by atoms with Gasteiger partial charge in [-0.15, -0.1) is 0 Å². The highest BCUT2D eigenvalue weighted by Gasteiger charge is 2.11. The van der Waals surface area contributed by atoms with Crippen molar-refractivity contribution < 1.29 is 18.7 Å². The van der Waals surface area contributed by atoms with Gasteiger partial charge in [-0.2, -0.15) is 0 Å². The molecule has 0 radical (unpaired) electrons. The Kier molecular flexibility index (Phi) is 5.39. The van der Waals surface area contributed by atoms with Gasteiger partial charge in [-0.3, -0.25) is 4.79 Å². The zero-order chi connectivity index (χ0) is 16.1. The van der Waals surface area contributed by atoms with Crippen molar-refractivity contribution in [3.8, 4) is 11.5 Å². The SMILES string of the molecule is CCC(=O)Oc1ccccc1COc1cc(Cl)c(C)cc1F. The molecule has 0 aliphatic rings. The molecule has 0 amide bonds. The zero-order valence-electron chi connectivity index (χ0n) is 12.4. The first-order valence-electron chi connectivity index (χ1n) is 6.88. The summed E-state index contributed by atoms with van der Waals surface area (Å²) in [6.45, 7) is 3.50. The maximum atomic E-state index is 13.8. The van der Waals surface area contributed by atoms with Crippen molar-refractivity contribution in [1.82, 2.24) is 0 Å². The van der Waals surface area contributed by atoms with Gasteiger partial charge in [-0.05, 0) is 24.6 Å². The van der Waals surface area contributed by atoms with E-state index in [0.717, 1.165) is 0 Å². The molecule has 2 rings (SSSR count). The Balaban J connectivity index is 2.15. The molecule has 0 aliphatic heterocycles. The van der Waals surface area contributed by atoms with Gasteiger partial charge in [0.05, 0.1) is 0 Å². The quantitative estimate of drug-likeness (QED) is 0.592. The van der Waals surface area contributed by atoms with Crippen molar-refractivity contribution in [3.05, 3.63) is 58.4 Å². The van der Waals surface area contributed by atoms with Gasteiger partial charge in [-0.25, -0.2) is 4.39 Å². The van der Waals surface area contributed by atoms with Crippen LogP contribution >= 0.6 is 11.6 Å². The van der Waals surface area contributed by atoms with E-state index in [0.29, 0.717) is 21.9 Å². The molecule has 2 aromatic carbocycles. The molecule has 0 fully saturated rings. The smallest absolute Gasteiger partial charge is 0.310 e. The van der Waals surface area contributed by atoms with E-state index in [9.17, 15) is 9.18 Å². The first-order chi connectivity index (χ1) is 10.5. The molecule has 0 saturated heterocycles. The Bertz CT molecular complexity index is 686. The number of hydrogen-bond donors (Lipinski definition) is 0. The summed E-state index contributed by atoms with van der Waals surface area (Å²) < 4.78 is 24.5. The molecule has 0 aromatic heterocycles. The summed E-state index contributed by atoms with van der Waals surface area (Å²) in [4.78, 5) is 11.4. The van der Waals surface area contributed by atoms with Crippen LogP contribution in [0.1, 0.15) is 24.5 Å². The van der Waals surface area contributed by atoms with E-state index < -0.39 is 5.82 Å². The van der Waals surface area contributed by atoms with Crippen LogP contribution in [-0.2, 0) is 11.4 Å². The second kappa shape index (κ2) is 7.27. The second-order valence-corrected chi connectivity index (χ2v) is 5.16. The molecule has 0 spiro atoms. The van der Waals surface area contributed by atoms with Crippen LogP contribution in [0, 0.1) is 12.7 Å². The third-order valence-electron chi connectivity index (χ3n) is 3.08. The molecule has 0 aliphatic carbocycles. The molecule has 5 heteroatoms. The summed E-state index contributed by atoms with van der Waals surface area (Å²) in [7, 11) is 0. The number of para-hydroxylation sites is 1. The van der Waals surface area contributed by atoms with Gasteiger partial charge in [0.15, 0.2) is 11.6 Å². The predicted octanol–water partition coefficient (Wildman–Crippen LogP) is 4.68. The Morgan fingerprint density at radius 1 is 1.23 bits per heavy atom. The summed E-state index contributed by atoms with van der Waals surface area (Å²) in [6, 6.07) is 9.73. The van der Waals surface area contributed by atoms with Crippen LogP contribution in [-0.4, -0.2) is 5.97 Å². The van der Waals surface area contributed by atoms with E-state index >= 15 is 0 Å². The number of rotatable bonds is 5. The van der Waals surface area contributed by atoms with Crippen molar-refractivity contribution in [2.75, 3.05) is 0 Å². The first kappa shape index (κ1) is 16.3. The minimum absolute atomic E-state index is 0.0622. The fraction of sp³-hybridized carbons (Fsp3) is 0.235. The lowest BCUT2D eigenvalue weighted by molar-refractivity contribution is -0.134. The normalized spacial score (nSPS) is 10.4. The van der Waals surface area contributed by atoms with Gasteiger partial charge >= 0.3 is 5.97 Å². The summed E-state index contributed by atoms with van der Waals surface area (Å²) in [5.41, 5.74) is 1.30. The van der Waals surface area contributed by atoms with Crippen molar-refractivity contribution in [2.24, 2.45) is 0 Å². The highest BCUT2D eigenvalue weighted by Crippen LogP contribution is 2.27. The molecule has 0 saturated carbocycles. The largest absolute Gasteiger partial charge is 0.486 e. The maximum Gasteiger partial charge on any atom is 0.310 e. The van der Waals surface area contributed by atoms with E-state index in [1.165, 1.54) is 12.1 Å². The summed E-state index contributed by atoms with van der Waals surface area (Å²) in [5.74, 6) is -0.345. The summed E-state index contributed by atoms with van der Waals surface area (Å²) in [6.07, 6.45) is 0.275. The number of ether oxygens (including phenoxy) is 2. The summed E-state index contributed by atoms with van der Waals surface area (Å²) in [5, 5.41) is 0.432. The third-order valence-corrected chi connectivity index (χ3v) is 3.49. The molecule has 0 atom stereocenters. The monoisotopic (exact) mass is 322 g/mol. The van der Waals surface area contributed by atoms with Crippen LogP contribution < -0.4 is 9.47 Å². The lowest BCUT2D eigenvalue weighted by Gasteiger charge is -2.12. The minimum atomic E-state index is -0.482. The number of esters is 1. The van der Waals surface area contributed by atoms with Gasteiger partial charge in [0.2, 0.25) is 0 Å². The number of aryl methyl sites for hydroxylation is 1. The highest BCUT2D eigenvalue weighted by atomic mass is 35.5. The Hall–Kier alpha value is -2.07. The van der Waals surface area contributed by atoms with Crippen LogP contribution in [0.25, 0.3) is 0 Å². The van der Waals surface area contributed by atoms with E-state index in [1.807, 2.05) is 0 Å². The number of halogens is 2. The van der Waals surface area contributed by atoms with Crippen LogP contribution in [0.2, 0.25) is 5.02 Å². The van der Waals surface area contributed by atoms with Gasteiger partial charge < -0.3 is 9.47 Å². The minimum Gasteiger partial charge on any atom is -0.486 e. The fourth-order valence-corrected chi connectivity index (χ4v) is 1.97. The van der Waals surface area contributed by atoms with Gasteiger partial charge in [-0.1, -0.05) is 36.7 Å². The van der Waals surface area contributed by atoms with Crippen LogP contribution in [0.4, 0.5) is 4.39 Å². The topological polar surface area (TPSA) is 35.5 Å². The van der Waals surface area contributed by atoms with E-state index in [2.05, 4.69) is 0 Å². The number of carbonyl (C=O) groups excluding carboxylic acids is 1. The van der Waals surface area contributed by atoms with Crippen molar-refractivity contribution in [2.45, 2.75) is 26.9 Å². The Morgan fingerprint density at radius 3 is 2.68 bits per heavy atom. The van der Waals surface area contributed by atoms with E-state index in [-0.39, 0.29) is 24.7 Å². The van der Waals surface area contributed by atoms with Crippen molar-refractivity contribution >= 4 is 17.6 Å². The highest BCUT2D eigenvalue weighted by molar-refractivity contribution is 6.31. The molecule has 116 valence electrons. The van der Waals surface area contributed by atoms with Crippen LogP contribution in [0.3, 0.4) is 0 Å². The van der Waals surface area contributed by atoms with Gasteiger partial charge in [0.1, 0.15) is 12.4 Å². The van der Waals surface area contributed by atoms with Gasteiger partial charge in [0.25, 0.3) is 0 Å². The molecule has 0 unspecified atom stereocenters. The third kappa shape index (κ3) is 3.98. The van der Waals surface area contributed by atoms with Crippen LogP contribution in [0.15, 0.2) is 36.4 Å². The van der Waals surface area contributed by atoms with E-state index in [4.69, 9.17) is 21.1 Å². The number of hydrogen-bond acceptors (Lipinski definition) is 3. The first-order valence-corrected chi connectivity index (χ1v) is 7.26. The average Bonchev–Trinajstić information content (AvgIpc) is 2.50. The molecule has 2 aromatic rings. The molecule has 0 bridgehead atoms. The molecule has 0 heterocycles. The molecule has 3 nitrogen and oxygen atoms in total. The van der Waals surface area contributed by atoms with Gasteiger partial charge in [0, 0.05) is 23.1 Å². The number of carbonyl (C=O) groups is 1. The lowest BCUT2D eigenvalue weighted by Crippen LogP contribution is -2.08. The maximum absolute atomic E-state index is 13.8. The molecule has 0 N–H and O–H groups in total. The number of benzene rings is 2.